The van der Waals surface area contributed by atoms with Crippen molar-refractivity contribution in [3.05, 3.63) is 29.3 Å². The van der Waals surface area contributed by atoms with E-state index >= 15 is 0 Å². The van der Waals surface area contributed by atoms with Crippen molar-refractivity contribution in [3.8, 4) is 5.75 Å². The SMILES string of the molecule is CC1(C)Cc2cccc(C3C(N)CCN3C(C)(C)C)c2O1. The number of rotatable bonds is 1. The van der Waals surface area contributed by atoms with Crippen molar-refractivity contribution in [1.29, 1.82) is 0 Å². The third-order valence-electron chi connectivity index (χ3n) is 4.75. The maximum absolute atomic E-state index is 6.46. The Labute approximate surface area is 128 Å². The van der Waals surface area contributed by atoms with E-state index in [0.29, 0.717) is 0 Å². The average Bonchev–Trinajstić information content (AvgIpc) is 2.86. The molecule has 2 atom stereocenters. The minimum atomic E-state index is -0.103. The van der Waals surface area contributed by atoms with Gasteiger partial charge in [0.05, 0.1) is 6.04 Å². The van der Waals surface area contributed by atoms with Crippen LogP contribution in [0.25, 0.3) is 0 Å². The van der Waals surface area contributed by atoms with Gasteiger partial charge in [0.1, 0.15) is 11.4 Å². The first kappa shape index (κ1) is 14.9. The summed E-state index contributed by atoms with van der Waals surface area (Å²) >= 11 is 0. The van der Waals surface area contributed by atoms with E-state index in [-0.39, 0.29) is 23.2 Å². The Morgan fingerprint density at radius 3 is 2.67 bits per heavy atom. The molecule has 1 aromatic carbocycles. The number of fused-ring (bicyclic) bond motifs is 1. The Hall–Kier alpha value is -1.06. The van der Waals surface area contributed by atoms with Crippen LogP contribution in [-0.4, -0.2) is 28.6 Å². The number of nitrogens with zero attached hydrogens (tertiary/aromatic N) is 1. The molecule has 0 saturated carbocycles. The van der Waals surface area contributed by atoms with E-state index in [2.05, 4.69) is 57.7 Å². The monoisotopic (exact) mass is 288 g/mol. The molecule has 21 heavy (non-hydrogen) atoms. The van der Waals surface area contributed by atoms with Crippen LogP contribution < -0.4 is 10.5 Å². The largest absolute Gasteiger partial charge is 0.487 e. The summed E-state index contributed by atoms with van der Waals surface area (Å²) in [6.07, 6.45) is 2.03. The van der Waals surface area contributed by atoms with Crippen molar-refractivity contribution in [3.63, 3.8) is 0 Å². The number of hydrogen-bond acceptors (Lipinski definition) is 3. The van der Waals surface area contributed by atoms with Gasteiger partial charge in [0.15, 0.2) is 0 Å². The van der Waals surface area contributed by atoms with Gasteiger partial charge in [-0.3, -0.25) is 4.90 Å². The lowest BCUT2D eigenvalue weighted by molar-refractivity contribution is 0.106. The van der Waals surface area contributed by atoms with Crippen molar-refractivity contribution in [2.45, 2.75) is 70.7 Å². The minimum absolute atomic E-state index is 0.103. The average molecular weight is 288 g/mol. The molecule has 3 rings (SSSR count). The van der Waals surface area contributed by atoms with E-state index in [1.807, 2.05) is 0 Å². The second-order valence-electron chi connectivity index (χ2n) is 8.14. The second-order valence-corrected chi connectivity index (χ2v) is 8.14. The molecule has 116 valence electrons. The van der Waals surface area contributed by atoms with E-state index in [1.165, 1.54) is 11.1 Å². The Morgan fingerprint density at radius 2 is 2.00 bits per heavy atom. The van der Waals surface area contributed by atoms with Gasteiger partial charge in [-0.2, -0.15) is 0 Å². The Morgan fingerprint density at radius 1 is 1.29 bits per heavy atom. The van der Waals surface area contributed by atoms with Crippen LogP contribution in [0.4, 0.5) is 0 Å². The highest BCUT2D eigenvalue weighted by atomic mass is 16.5. The molecule has 2 aliphatic rings. The second kappa shape index (κ2) is 4.72. The van der Waals surface area contributed by atoms with Crippen LogP contribution in [0.1, 0.15) is 58.2 Å². The van der Waals surface area contributed by atoms with Gasteiger partial charge in [-0.15, -0.1) is 0 Å². The van der Waals surface area contributed by atoms with E-state index in [9.17, 15) is 0 Å². The van der Waals surface area contributed by atoms with Crippen LogP contribution >= 0.6 is 0 Å². The normalized spacial score (nSPS) is 28.5. The highest BCUT2D eigenvalue weighted by Gasteiger charge is 2.42. The van der Waals surface area contributed by atoms with E-state index in [0.717, 1.165) is 25.1 Å². The van der Waals surface area contributed by atoms with Gasteiger partial charge in [-0.1, -0.05) is 18.2 Å². The molecule has 0 bridgehead atoms. The summed E-state index contributed by atoms with van der Waals surface area (Å²) < 4.78 is 6.26. The number of ether oxygens (including phenoxy) is 1. The summed E-state index contributed by atoms with van der Waals surface area (Å²) in [6, 6.07) is 6.99. The van der Waals surface area contributed by atoms with Crippen LogP contribution in [0.3, 0.4) is 0 Å². The van der Waals surface area contributed by atoms with Crippen molar-refractivity contribution >= 4 is 0 Å². The molecule has 3 heteroatoms. The molecule has 0 aromatic heterocycles. The van der Waals surface area contributed by atoms with Crippen molar-refractivity contribution in [2.75, 3.05) is 6.54 Å². The Bertz CT molecular complexity index is 545. The van der Waals surface area contributed by atoms with Crippen molar-refractivity contribution in [1.82, 2.24) is 4.90 Å². The third kappa shape index (κ3) is 2.58. The van der Waals surface area contributed by atoms with Crippen LogP contribution in [0.5, 0.6) is 5.75 Å². The van der Waals surface area contributed by atoms with Crippen LogP contribution in [0.2, 0.25) is 0 Å². The highest BCUT2D eigenvalue weighted by Crippen LogP contribution is 2.45. The van der Waals surface area contributed by atoms with Crippen LogP contribution in [-0.2, 0) is 6.42 Å². The fraction of sp³-hybridized carbons (Fsp3) is 0.667. The number of likely N-dealkylation sites (tertiary alicyclic amines) is 1. The van der Waals surface area contributed by atoms with Crippen LogP contribution in [0, 0.1) is 0 Å². The summed E-state index contributed by atoms with van der Waals surface area (Å²) in [6.45, 7) is 12.2. The number of nitrogens with two attached hydrogens (primary N) is 1. The van der Waals surface area contributed by atoms with E-state index in [1.54, 1.807) is 0 Å². The van der Waals surface area contributed by atoms with Crippen LogP contribution in [0.15, 0.2) is 18.2 Å². The lowest BCUT2D eigenvalue weighted by Crippen LogP contribution is -2.43. The number of benzene rings is 1. The maximum atomic E-state index is 6.46. The lowest BCUT2D eigenvalue weighted by Gasteiger charge is -2.38. The molecule has 0 radical (unpaired) electrons. The first-order valence-corrected chi connectivity index (χ1v) is 8.02. The molecule has 2 unspecified atom stereocenters. The molecule has 0 amide bonds. The van der Waals surface area contributed by atoms with E-state index < -0.39 is 0 Å². The quantitative estimate of drug-likeness (QED) is 0.862. The smallest absolute Gasteiger partial charge is 0.128 e. The number of hydrogen-bond donors (Lipinski definition) is 1. The molecule has 3 nitrogen and oxygen atoms in total. The maximum Gasteiger partial charge on any atom is 0.128 e. The summed E-state index contributed by atoms with van der Waals surface area (Å²) in [5, 5.41) is 0. The zero-order valence-corrected chi connectivity index (χ0v) is 13.9. The summed E-state index contributed by atoms with van der Waals surface area (Å²) in [7, 11) is 0. The standard InChI is InChI=1S/C18H28N2O/c1-17(2,3)20-10-9-14(19)15(20)13-8-6-7-12-11-18(4,5)21-16(12)13/h6-8,14-15H,9-11,19H2,1-5H3. The van der Waals surface area contributed by atoms with Crippen molar-refractivity contribution in [2.24, 2.45) is 5.73 Å². The number of para-hydroxylation sites is 1. The molecular weight excluding hydrogens is 260 g/mol. The minimum Gasteiger partial charge on any atom is -0.487 e. The zero-order valence-electron chi connectivity index (χ0n) is 13.9. The molecule has 0 aliphatic carbocycles. The third-order valence-corrected chi connectivity index (χ3v) is 4.75. The molecule has 2 aliphatic heterocycles. The molecule has 1 aromatic rings. The Kier molecular flexibility index (Phi) is 3.34. The fourth-order valence-electron chi connectivity index (χ4n) is 3.84. The van der Waals surface area contributed by atoms with Crippen molar-refractivity contribution < 1.29 is 4.74 Å². The van der Waals surface area contributed by atoms with Gasteiger partial charge in [-0.25, -0.2) is 0 Å². The molecule has 1 fully saturated rings. The van der Waals surface area contributed by atoms with Gasteiger partial charge >= 0.3 is 0 Å². The molecule has 2 heterocycles. The summed E-state index contributed by atoms with van der Waals surface area (Å²) in [4.78, 5) is 2.53. The first-order valence-electron chi connectivity index (χ1n) is 8.02. The lowest BCUT2D eigenvalue weighted by atomic mass is 9.93. The predicted octanol–water partition coefficient (Wildman–Crippen LogP) is 3.27. The summed E-state index contributed by atoms with van der Waals surface area (Å²) in [5.41, 5.74) is 9.08. The van der Waals surface area contributed by atoms with Gasteiger partial charge in [0, 0.05) is 30.1 Å². The predicted molar refractivity (Wildman–Crippen MR) is 86.6 cm³/mol. The first-order chi connectivity index (χ1) is 9.69. The van der Waals surface area contributed by atoms with Gasteiger partial charge in [0.2, 0.25) is 0 Å². The molecule has 2 N–H and O–H groups in total. The summed E-state index contributed by atoms with van der Waals surface area (Å²) in [5.74, 6) is 1.08. The fourth-order valence-corrected chi connectivity index (χ4v) is 3.84. The highest BCUT2D eigenvalue weighted by molar-refractivity contribution is 5.48. The van der Waals surface area contributed by atoms with Gasteiger partial charge < -0.3 is 10.5 Å². The molecule has 0 spiro atoms. The molecular formula is C18H28N2O. The topological polar surface area (TPSA) is 38.5 Å². The Balaban J connectivity index is 2.03. The van der Waals surface area contributed by atoms with Gasteiger partial charge in [0.25, 0.3) is 0 Å². The zero-order chi connectivity index (χ0) is 15.4. The van der Waals surface area contributed by atoms with E-state index in [4.69, 9.17) is 10.5 Å². The van der Waals surface area contributed by atoms with Gasteiger partial charge in [-0.05, 0) is 46.6 Å². The molecule has 1 saturated heterocycles.